The first-order valence-electron chi connectivity index (χ1n) is 12.0. The van der Waals surface area contributed by atoms with E-state index in [9.17, 15) is 14.9 Å². The first-order valence-corrected chi connectivity index (χ1v) is 12.0. The Bertz CT molecular complexity index is 1550. The third-order valence-electron chi connectivity index (χ3n) is 6.74. The molecule has 4 aromatic rings. The van der Waals surface area contributed by atoms with Crippen molar-refractivity contribution in [1.29, 1.82) is 0 Å². The summed E-state index contributed by atoms with van der Waals surface area (Å²) in [4.78, 5) is 25.2. The van der Waals surface area contributed by atoms with Crippen LogP contribution < -0.4 is 0 Å². The van der Waals surface area contributed by atoms with Crippen LogP contribution in [0.1, 0.15) is 34.8 Å². The van der Waals surface area contributed by atoms with E-state index in [1.807, 2.05) is 67.6 Å². The maximum atomic E-state index is 14.0. The van der Waals surface area contributed by atoms with Gasteiger partial charge in [0.25, 0.3) is 11.6 Å². The van der Waals surface area contributed by atoms with E-state index in [2.05, 4.69) is 0 Å². The molecule has 37 heavy (non-hydrogen) atoms. The number of nitro groups is 1. The molecule has 8 nitrogen and oxygen atoms in total. The van der Waals surface area contributed by atoms with Crippen LogP contribution in [0.5, 0.6) is 0 Å². The van der Waals surface area contributed by atoms with E-state index in [0.29, 0.717) is 36.3 Å². The summed E-state index contributed by atoms with van der Waals surface area (Å²) in [6.07, 6.45) is -0.331. The summed E-state index contributed by atoms with van der Waals surface area (Å²) in [5.74, 6) is -0.272. The molecule has 0 saturated carbocycles. The Morgan fingerprint density at radius 2 is 1.57 bits per heavy atom. The van der Waals surface area contributed by atoms with Crippen LogP contribution in [-0.2, 0) is 15.9 Å². The molecule has 184 valence electrons. The highest BCUT2D eigenvalue weighted by molar-refractivity contribution is 6.23. The highest BCUT2D eigenvalue weighted by Gasteiger charge is 2.33. The number of rotatable bonds is 5. The Hall–Kier alpha value is -4.40. The van der Waals surface area contributed by atoms with Gasteiger partial charge < -0.3 is 9.47 Å². The Kier molecular flexibility index (Phi) is 5.75. The SMILES string of the molecule is CC1=C(c2ccc([N+](=O)[O-])c(C3OCCO3)c2)C(=O)n2nc(-c3ccccc3)c(-c3ccccc3)c2C1. The Morgan fingerprint density at radius 1 is 0.919 bits per heavy atom. The lowest BCUT2D eigenvalue weighted by molar-refractivity contribution is -0.386. The minimum atomic E-state index is -0.838. The molecule has 8 heteroatoms. The van der Waals surface area contributed by atoms with Gasteiger partial charge >= 0.3 is 0 Å². The van der Waals surface area contributed by atoms with Crippen molar-refractivity contribution in [2.24, 2.45) is 0 Å². The Labute approximate surface area is 212 Å². The van der Waals surface area contributed by atoms with Gasteiger partial charge in [-0.3, -0.25) is 14.9 Å². The molecule has 1 aromatic heterocycles. The first-order chi connectivity index (χ1) is 18.0. The van der Waals surface area contributed by atoms with E-state index in [1.54, 1.807) is 12.1 Å². The largest absolute Gasteiger partial charge is 0.346 e. The molecule has 0 N–H and O–H groups in total. The van der Waals surface area contributed by atoms with Crippen molar-refractivity contribution in [1.82, 2.24) is 9.78 Å². The van der Waals surface area contributed by atoms with Crippen LogP contribution in [-0.4, -0.2) is 33.8 Å². The van der Waals surface area contributed by atoms with Gasteiger partial charge in [-0.25, -0.2) is 0 Å². The minimum absolute atomic E-state index is 0.102. The van der Waals surface area contributed by atoms with Crippen molar-refractivity contribution in [3.05, 3.63) is 111 Å². The van der Waals surface area contributed by atoms with Crippen molar-refractivity contribution >= 4 is 17.2 Å². The second-order valence-corrected chi connectivity index (χ2v) is 9.06. The molecule has 1 fully saturated rings. The fraction of sp³-hybridized carbons (Fsp3) is 0.172. The zero-order valence-electron chi connectivity index (χ0n) is 20.1. The van der Waals surface area contributed by atoms with Gasteiger partial charge in [-0.05, 0) is 30.2 Å². The molecular weight excluding hydrogens is 470 g/mol. The summed E-state index contributed by atoms with van der Waals surface area (Å²) in [5.41, 5.74) is 6.50. The van der Waals surface area contributed by atoms with Gasteiger partial charge in [0, 0.05) is 29.2 Å². The quantitative estimate of drug-likeness (QED) is 0.256. The Balaban J connectivity index is 1.49. The third kappa shape index (κ3) is 3.96. The fourth-order valence-corrected chi connectivity index (χ4v) is 5.09. The molecule has 2 aliphatic rings. The summed E-state index contributed by atoms with van der Waals surface area (Å²) >= 11 is 0. The van der Waals surface area contributed by atoms with Crippen LogP contribution in [0, 0.1) is 10.1 Å². The van der Waals surface area contributed by atoms with Gasteiger partial charge in [0.05, 0.1) is 29.4 Å². The molecule has 0 aliphatic carbocycles. The molecule has 0 bridgehead atoms. The van der Waals surface area contributed by atoms with Crippen molar-refractivity contribution < 1.29 is 19.2 Å². The molecule has 0 spiro atoms. The van der Waals surface area contributed by atoms with Gasteiger partial charge in [-0.2, -0.15) is 9.78 Å². The van der Waals surface area contributed by atoms with Crippen molar-refractivity contribution in [2.75, 3.05) is 13.2 Å². The molecule has 0 unspecified atom stereocenters. The molecule has 0 amide bonds. The standard InChI is InChI=1S/C29H23N3O5/c1-18-16-24-26(19-8-4-2-5-9-19)27(20-10-6-3-7-11-20)30-31(24)28(33)25(18)21-12-13-23(32(34)35)22(17-21)29-36-14-15-37-29/h2-13,17,29H,14-16H2,1H3. The number of carbonyl (C=O) groups is 1. The second kappa shape index (κ2) is 9.24. The predicted molar refractivity (Wildman–Crippen MR) is 138 cm³/mol. The molecule has 2 aliphatic heterocycles. The lowest BCUT2D eigenvalue weighted by Gasteiger charge is -2.20. The number of hydrogen-bond donors (Lipinski definition) is 0. The van der Waals surface area contributed by atoms with Crippen molar-refractivity contribution in [2.45, 2.75) is 19.6 Å². The van der Waals surface area contributed by atoms with E-state index in [0.717, 1.165) is 33.7 Å². The number of benzene rings is 3. The number of aromatic nitrogens is 2. The van der Waals surface area contributed by atoms with Gasteiger partial charge in [-0.1, -0.05) is 66.2 Å². The molecular formula is C29H23N3O5. The molecule has 3 heterocycles. The summed E-state index contributed by atoms with van der Waals surface area (Å²) in [7, 11) is 0. The number of allylic oxidation sites excluding steroid dienone is 2. The minimum Gasteiger partial charge on any atom is -0.346 e. The first kappa shape index (κ1) is 23.0. The molecule has 6 rings (SSSR count). The summed E-state index contributed by atoms with van der Waals surface area (Å²) in [6.45, 7) is 2.63. The van der Waals surface area contributed by atoms with E-state index < -0.39 is 11.2 Å². The number of hydrogen-bond acceptors (Lipinski definition) is 6. The third-order valence-corrected chi connectivity index (χ3v) is 6.74. The maximum absolute atomic E-state index is 14.0. The number of carbonyl (C=O) groups excluding carboxylic acids is 1. The predicted octanol–water partition coefficient (Wildman–Crippen LogP) is 5.84. The summed E-state index contributed by atoms with van der Waals surface area (Å²) < 4.78 is 12.6. The van der Waals surface area contributed by atoms with Gasteiger partial charge in [0.15, 0.2) is 6.29 Å². The average Bonchev–Trinajstić information content (AvgIpc) is 3.58. The van der Waals surface area contributed by atoms with E-state index in [-0.39, 0.29) is 11.6 Å². The van der Waals surface area contributed by atoms with Crippen molar-refractivity contribution in [3.63, 3.8) is 0 Å². The normalized spacial score (nSPS) is 15.8. The number of nitro benzene ring substituents is 1. The van der Waals surface area contributed by atoms with Crippen LogP contribution in [0.25, 0.3) is 28.0 Å². The average molecular weight is 494 g/mol. The van der Waals surface area contributed by atoms with Crippen molar-refractivity contribution in [3.8, 4) is 22.4 Å². The fourth-order valence-electron chi connectivity index (χ4n) is 5.09. The number of nitrogens with zero attached hydrogens (tertiary/aromatic N) is 3. The van der Waals surface area contributed by atoms with Crippen LogP contribution in [0.15, 0.2) is 84.4 Å². The molecule has 1 saturated heterocycles. The highest BCUT2D eigenvalue weighted by Crippen LogP contribution is 2.41. The summed E-state index contributed by atoms with van der Waals surface area (Å²) in [6, 6.07) is 24.4. The van der Waals surface area contributed by atoms with E-state index in [1.165, 1.54) is 10.7 Å². The van der Waals surface area contributed by atoms with Crippen LogP contribution in [0.3, 0.4) is 0 Å². The van der Waals surface area contributed by atoms with Crippen LogP contribution in [0.2, 0.25) is 0 Å². The molecule has 3 aromatic carbocycles. The molecule has 0 atom stereocenters. The zero-order valence-corrected chi connectivity index (χ0v) is 20.1. The van der Waals surface area contributed by atoms with Gasteiger partial charge in [0.2, 0.25) is 0 Å². The summed E-state index contributed by atoms with van der Waals surface area (Å²) in [5, 5.41) is 16.5. The Morgan fingerprint density at radius 3 is 2.22 bits per heavy atom. The zero-order chi connectivity index (χ0) is 25.5. The smallest absolute Gasteiger partial charge is 0.279 e. The highest BCUT2D eigenvalue weighted by atomic mass is 16.7. The van der Waals surface area contributed by atoms with Crippen LogP contribution >= 0.6 is 0 Å². The molecule has 0 radical (unpaired) electrons. The van der Waals surface area contributed by atoms with E-state index in [4.69, 9.17) is 14.6 Å². The van der Waals surface area contributed by atoms with Gasteiger partial charge in [-0.15, -0.1) is 0 Å². The van der Waals surface area contributed by atoms with E-state index >= 15 is 0 Å². The lowest BCUT2D eigenvalue weighted by atomic mass is 9.90. The van der Waals surface area contributed by atoms with Crippen LogP contribution in [0.4, 0.5) is 5.69 Å². The topological polar surface area (TPSA) is 96.5 Å². The lowest BCUT2D eigenvalue weighted by Crippen LogP contribution is -2.23. The number of ether oxygens (including phenoxy) is 2. The van der Waals surface area contributed by atoms with Gasteiger partial charge in [0.1, 0.15) is 5.69 Å². The second-order valence-electron chi connectivity index (χ2n) is 9.06. The maximum Gasteiger partial charge on any atom is 0.279 e. The monoisotopic (exact) mass is 493 g/mol. The number of fused-ring (bicyclic) bond motifs is 1.